The van der Waals surface area contributed by atoms with Crippen LogP contribution in [0.15, 0.2) is 30.5 Å². The highest BCUT2D eigenvalue weighted by atomic mass is 16.2. The topological polar surface area (TPSA) is 68.2 Å². The standard InChI is InChI=1S/C12H13N2O2/c13-12(16)14-8-9(4-3-7-15)10-5-1-2-6-11(10)14/h1-3,5-6,8,15H,4,7H2,(H2,13,16). The number of rotatable bonds is 3. The summed E-state index contributed by atoms with van der Waals surface area (Å²) < 4.78 is 1.43. The maximum atomic E-state index is 11.2. The number of carbonyl (C=O) groups excluding carboxylic acids is 1. The van der Waals surface area contributed by atoms with Gasteiger partial charge in [-0.3, -0.25) is 4.57 Å². The molecule has 1 heterocycles. The molecule has 0 aliphatic carbocycles. The van der Waals surface area contributed by atoms with Gasteiger partial charge in [0.1, 0.15) is 0 Å². The van der Waals surface area contributed by atoms with Crippen LogP contribution in [0.2, 0.25) is 0 Å². The van der Waals surface area contributed by atoms with Crippen molar-refractivity contribution in [1.29, 1.82) is 0 Å². The van der Waals surface area contributed by atoms with Crippen molar-refractivity contribution in [3.05, 3.63) is 42.4 Å². The molecule has 2 aromatic rings. The Morgan fingerprint density at radius 3 is 2.88 bits per heavy atom. The molecule has 0 atom stereocenters. The molecule has 1 radical (unpaired) electrons. The number of para-hydroxylation sites is 1. The van der Waals surface area contributed by atoms with Gasteiger partial charge >= 0.3 is 6.03 Å². The van der Waals surface area contributed by atoms with E-state index in [9.17, 15) is 4.79 Å². The molecule has 83 valence electrons. The van der Waals surface area contributed by atoms with Gasteiger partial charge in [0.15, 0.2) is 0 Å². The first-order chi connectivity index (χ1) is 7.74. The van der Waals surface area contributed by atoms with E-state index in [2.05, 4.69) is 0 Å². The molecular weight excluding hydrogens is 204 g/mol. The van der Waals surface area contributed by atoms with Gasteiger partial charge in [0.2, 0.25) is 0 Å². The van der Waals surface area contributed by atoms with Crippen LogP contribution in [-0.4, -0.2) is 22.3 Å². The number of benzene rings is 1. The van der Waals surface area contributed by atoms with Crippen molar-refractivity contribution in [3.8, 4) is 0 Å². The van der Waals surface area contributed by atoms with Crippen LogP contribution < -0.4 is 5.73 Å². The SMILES string of the molecule is NC(=O)n1cc(C[CH]CO)c2ccccc21. The summed E-state index contributed by atoms with van der Waals surface area (Å²) >= 11 is 0. The van der Waals surface area contributed by atoms with Crippen LogP contribution in [0.3, 0.4) is 0 Å². The number of hydrogen-bond donors (Lipinski definition) is 2. The van der Waals surface area contributed by atoms with E-state index < -0.39 is 6.03 Å². The zero-order valence-electron chi connectivity index (χ0n) is 8.76. The van der Waals surface area contributed by atoms with Crippen LogP contribution in [0.25, 0.3) is 10.9 Å². The lowest BCUT2D eigenvalue weighted by atomic mass is 10.1. The molecule has 3 N–H and O–H groups in total. The Kier molecular flexibility index (Phi) is 2.92. The van der Waals surface area contributed by atoms with Crippen molar-refractivity contribution in [1.82, 2.24) is 4.57 Å². The highest BCUT2D eigenvalue weighted by molar-refractivity contribution is 5.93. The maximum absolute atomic E-state index is 11.2. The zero-order valence-corrected chi connectivity index (χ0v) is 8.76. The highest BCUT2D eigenvalue weighted by Crippen LogP contribution is 2.21. The number of aliphatic hydroxyl groups excluding tert-OH is 1. The Balaban J connectivity index is 2.53. The molecule has 1 aromatic heterocycles. The van der Waals surface area contributed by atoms with Crippen molar-refractivity contribution < 1.29 is 9.90 Å². The van der Waals surface area contributed by atoms with E-state index in [1.165, 1.54) is 4.57 Å². The molecule has 0 aliphatic rings. The first-order valence-electron chi connectivity index (χ1n) is 5.05. The number of hydrogen-bond acceptors (Lipinski definition) is 2. The average Bonchev–Trinajstić information content (AvgIpc) is 2.65. The second-order valence-corrected chi connectivity index (χ2v) is 3.56. The molecule has 0 spiro atoms. The summed E-state index contributed by atoms with van der Waals surface area (Å²) in [5.74, 6) is 0. The number of aromatic nitrogens is 1. The summed E-state index contributed by atoms with van der Waals surface area (Å²) in [6.45, 7) is 0.0239. The van der Waals surface area contributed by atoms with E-state index in [0.29, 0.717) is 6.42 Å². The lowest BCUT2D eigenvalue weighted by molar-refractivity contribution is 0.251. The number of nitrogens with zero attached hydrogens (tertiary/aromatic N) is 1. The van der Waals surface area contributed by atoms with Crippen molar-refractivity contribution in [2.24, 2.45) is 5.73 Å². The number of amides is 1. The predicted molar refractivity (Wildman–Crippen MR) is 62.0 cm³/mol. The normalized spacial score (nSPS) is 10.8. The number of carbonyl (C=O) groups is 1. The van der Waals surface area contributed by atoms with Crippen LogP contribution in [0.4, 0.5) is 4.79 Å². The number of fused-ring (bicyclic) bond motifs is 1. The van der Waals surface area contributed by atoms with Crippen molar-refractivity contribution in [3.63, 3.8) is 0 Å². The van der Waals surface area contributed by atoms with Gasteiger partial charge in [-0.25, -0.2) is 4.79 Å². The summed E-state index contributed by atoms with van der Waals surface area (Å²) in [5.41, 5.74) is 7.08. The van der Waals surface area contributed by atoms with Crippen LogP contribution >= 0.6 is 0 Å². The molecule has 1 amide bonds. The molecular formula is C12H13N2O2. The fourth-order valence-corrected chi connectivity index (χ4v) is 1.82. The fraction of sp³-hybridized carbons (Fsp3) is 0.167. The number of aliphatic hydroxyl groups is 1. The lowest BCUT2D eigenvalue weighted by Crippen LogP contribution is -2.18. The smallest absolute Gasteiger partial charge is 0.323 e. The predicted octanol–water partition coefficient (Wildman–Crippen LogP) is 1.31. The average molecular weight is 217 g/mol. The molecule has 0 bridgehead atoms. The van der Waals surface area contributed by atoms with E-state index in [1.807, 2.05) is 24.3 Å². The molecule has 0 aliphatic heterocycles. The molecule has 4 nitrogen and oxygen atoms in total. The van der Waals surface area contributed by atoms with Gasteiger partial charge in [0.25, 0.3) is 0 Å². The second-order valence-electron chi connectivity index (χ2n) is 3.56. The maximum Gasteiger partial charge on any atom is 0.323 e. The Bertz CT molecular complexity index is 517. The van der Waals surface area contributed by atoms with E-state index in [1.54, 1.807) is 12.6 Å². The minimum atomic E-state index is -0.494. The van der Waals surface area contributed by atoms with Crippen molar-refractivity contribution in [2.75, 3.05) is 6.61 Å². The minimum Gasteiger partial charge on any atom is -0.396 e. The van der Waals surface area contributed by atoms with Crippen molar-refractivity contribution in [2.45, 2.75) is 6.42 Å². The van der Waals surface area contributed by atoms with Crippen LogP contribution in [0.1, 0.15) is 5.56 Å². The van der Waals surface area contributed by atoms with Crippen LogP contribution in [0.5, 0.6) is 0 Å². The van der Waals surface area contributed by atoms with Gasteiger partial charge in [-0.1, -0.05) is 18.2 Å². The van der Waals surface area contributed by atoms with Gasteiger partial charge in [-0.05, 0) is 24.5 Å². The lowest BCUT2D eigenvalue weighted by Gasteiger charge is -1.96. The van der Waals surface area contributed by atoms with Gasteiger partial charge in [-0.2, -0.15) is 0 Å². The van der Waals surface area contributed by atoms with E-state index in [4.69, 9.17) is 10.8 Å². The first kappa shape index (κ1) is 10.7. The highest BCUT2D eigenvalue weighted by Gasteiger charge is 2.10. The monoisotopic (exact) mass is 217 g/mol. The minimum absolute atomic E-state index is 0.0239. The summed E-state index contributed by atoms with van der Waals surface area (Å²) in [4.78, 5) is 11.2. The Morgan fingerprint density at radius 1 is 1.44 bits per heavy atom. The summed E-state index contributed by atoms with van der Waals surface area (Å²) in [5, 5.41) is 9.75. The van der Waals surface area contributed by atoms with Gasteiger partial charge in [-0.15, -0.1) is 0 Å². The van der Waals surface area contributed by atoms with Crippen LogP contribution in [-0.2, 0) is 6.42 Å². The van der Waals surface area contributed by atoms with E-state index in [0.717, 1.165) is 16.5 Å². The van der Waals surface area contributed by atoms with Gasteiger partial charge in [0, 0.05) is 18.2 Å². The van der Waals surface area contributed by atoms with E-state index in [-0.39, 0.29) is 6.61 Å². The Morgan fingerprint density at radius 2 is 2.19 bits per heavy atom. The third kappa shape index (κ3) is 1.79. The van der Waals surface area contributed by atoms with Gasteiger partial charge < -0.3 is 10.8 Å². The first-order valence-corrected chi connectivity index (χ1v) is 5.05. The molecule has 2 rings (SSSR count). The van der Waals surface area contributed by atoms with Crippen LogP contribution in [0, 0.1) is 6.42 Å². The third-order valence-electron chi connectivity index (χ3n) is 2.53. The van der Waals surface area contributed by atoms with Gasteiger partial charge in [0.05, 0.1) is 5.52 Å². The molecule has 4 heteroatoms. The second kappa shape index (κ2) is 4.37. The quantitative estimate of drug-likeness (QED) is 0.813. The molecule has 0 saturated heterocycles. The van der Waals surface area contributed by atoms with E-state index >= 15 is 0 Å². The molecule has 0 fully saturated rings. The Hall–Kier alpha value is -1.81. The third-order valence-corrected chi connectivity index (χ3v) is 2.53. The number of nitrogens with two attached hydrogens (primary N) is 1. The number of primary amides is 1. The van der Waals surface area contributed by atoms with Crippen molar-refractivity contribution >= 4 is 16.9 Å². The Labute approximate surface area is 93.3 Å². The largest absolute Gasteiger partial charge is 0.396 e. The fourth-order valence-electron chi connectivity index (χ4n) is 1.82. The summed E-state index contributed by atoms with van der Waals surface area (Å²) in [6, 6.07) is 7.07. The zero-order chi connectivity index (χ0) is 11.5. The molecule has 1 aromatic carbocycles. The molecule has 16 heavy (non-hydrogen) atoms. The molecule has 0 unspecified atom stereocenters. The summed E-state index contributed by atoms with van der Waals surface area (Å²) in [6.07, 6.45) is 4.09. The summed E-state index contributed by atoms with van der Waals surface area (Å²) in [7, 11) is 0. The molecule has 0 saturated carbocycles.